The standard InChI is InChI=1S/C19H13NO3/c20-18(13-5-7-14(8-6-13)19(22)23)16-10-9-12-3-1-2-4-15(12)17(16)11-21/h1-11,20H,(H,22,23). The zero-order valence-electron chi connectivity index (χ0n) is 12.1. The molecule has 0 unspecified atom stereocenters. The van der Waals surface area contributed by atoms with Gasteiger partial charge in [0.1, 0.15) is 0 Å². The van der Waals surface area contributed by atoms with Gasteiger partial charge in [0, 0.05) is 16.7 Å². The van der Waals surface area contributed by atoms with E-state index in [0.29, 0.717) is 16.7 Å². The van der Waals surface area contributed by atoms with Crippen LogP contribution in [0.25, 0.3) is 10.8 Å². The number of rotatable bonds is 4. The first-order valence-electron chi connectivity index (χ1n) is 7.01. The highest BCUT2D eigenvalue weighted by atomic mass is 16.4. The highest BCUT2D eigenvalue weighted by Crippen LogP contribution is 2.23. The summed E-state index contributed by atoms with van der Waals surface area (Å²) in [5, 5.41) is 19.0. The average molecular weight is 303 g/mol. The minimum Gasteiger partial charge on any atom is -0.478 e. The molecule has 0 saturated heterocycles. The predicted molar refractivity (Wildman–Crippen MR) is 88.7 cm³/mol. The van der Waals surface area contributed by atoms with Crippen molar-refractivity contribution in [3.8, 4) is 0 Å². The van der Waals surface area contributed by atoms with E-state index in [-0.39, 0.29) is 11.3 Å². The number of aldehydes is 1. The molecule has 0 spiro atoms. The van der Waals surface area contributed by atoms with Crippen LogP contribution in [-0.2, 0) is 0 Å². The molecule has 0 bridgehead atoms. The van der Waals surface area contributed by atoms with Gasteiger partial charge in [0.15, 0.2) is 6.29 Å². The van der Waals surface area contributed by atoms with Gasteiger partial charge in [-0.25, -0.2) is 4.79 Å². The molecule has 2 N–H and O–H groups in total. The fourth-order valence-electron chi connectivity index (χ4n) is 2.58. The third-order valence-electron chi connectivity index (χ3n) is 3.78. The number of carbonyl (C=O) groups excluding carboxylic acids is 1. The van der Waals surface area contributed by atoms with Crippen LogP contribution in [0.5, 0.6) is 0 Å². The van der Waals surface area contributed by atoms with Gasteiger partial charge >= 0.3 is 5.97 Å². The van der Waals surface area contributed by atoms with Gasteiger partial charge in [-0.2, -0.15) is 0 Å². The van der Waals surface area contributed by atoms with Gasteiger partial charge in [0.2, 0.25) is 0 Å². The van der Waals surface area contributed by atoms with Crippen LogP contribution in [0.4, 0.5) is 0 Å². The van der Waals surface area contributed by atoms with Crippen LogP contribution >= 0.6 is 0 Å². The average Bonchev–Trinajstić information content (AvgIpc) is 2.60. The molecule has 0 aromatic heterocycles. The molecule has 0 atom stereocenters. The Hall–Kier alpha value is -3.27. The molecule has 3 aromatic rings. The molecule has 0 amide bonds. The summed E-state index contributed by atoms with van der Waals surface area (Å²) in [6, 6.07) is 17.2. The number of benzene rings is 3. The summed E-state index contributed by atoms with van der Waals surface area (Å²) in [6.07, 6.45) is 0.762. The van der Waals surface area contributed by atoms with Crippen molar-refractivity contribution in [1.82, 2.24) is 0 Å². The Morgan fingerprint density at radius 2 is 1.57 bits per heavy atom. The van der Waals surface area contributed by atoms with E-state index in [4.69, 9.17) is 10.5 Å². The topological polar surface area (TPSA) is 78.2 Å². The molecule has 0 heterocycles. The van der Waals surface area contributed by atoms with Crippen molar-refractivity contribution >= 4 is 28.7 Å². The van der Waals surface area contributed by atoms with Crippen LogP contribution in [0.3, 0.4) is 0 Å². The molecular weight excluding hydrogens is 290 g/mol. The highest BCUT2D eigenvalue weighted by molar-refractivity contribution is 6.18. The third-order valence-corrected chi connectivity index (χ3v) is 3.78. The summed E-state index contributed by atoms with van der Waals surface area (Å²) in [6.45, 7) is 0. The van der Waals surface area contributed by atoms with Crippen LogP contribution in [0.1, 0.15) is 31.8 Å². The Balaban J connectivity index is 2.10. The fourth-order valence-corrected chi connectivity index (χ4v) is 2.58. The Morgan fingerprint density at radius 1 is 0.913 bits per heavy atom. The minimum absolute atomic E-state index is 0.163. The summed E-state index contributed by atoms with van der Waals surface area (Å²) in [4.78, 5) is 22.4. The third kappa shape index (κ3) is 2.62. The molecule has 4 nitrogen and oxygen atoms in total. The van der Waals surface area contributed by atoms with E-state index in [2.05, 4.69) is 0 Å². The van der Waals surface area contributed by atoms with Crippen molar-refractivity contribution in [1.29, 1.82) is 5.41 Å². The number of hydrogen-bond acceptors (Lipinski definition) is 3. The largest absolute Gasteiger partial charge is 0.478 e. The molecule has 3 aromatic carbocycles. The Labute approximate surface area is 132 Å². The molecule has 23 heavy (non-hydrogen) atoms. The first kappa shape index (κ1) is 14.7. The zero-order valence-corrected chi connectivity index (χ0v) is 12.1. The summed E-state index contributed by atoms with van der Waals surface area (Å²) in [5.41, 5.74) is 1.91. The molecular formula is C19H13NO3. The highest BCUT2D eigenvalue weighted by Gasteiger charge is 2.13. The predicted octanol–water partition coefficient (Wildman–Crippen LogP) is 3.77. The SMILES string of the molecule is N=C(c1ccc(C(=O)O)cc1)c1ccc2ccccc2c1C=O. The van der Waals surface area contributed by atoms with Crippen molar-refractivity contribution in [3.05, 3.63) is 82.9 Å². The first-order valence-corrected chi connectivity index (χ1v) is 7.01. The minimum atomic E-state index is -1.01. The van der Waals surface area contributed by atoms with Gasteiger partial charge in [-0.1, -0.05) is 48.5 Å². The lowest BCUT2D eigenvalue weighted by Gasteiger charge is -2.10. The lowest BCUT2D eigenvalue weighted by atomic mass is 9.93. The zero-order chi connectivity index (χ0) is 16.4. The van der Waals surface area contributed by atoms with Crippen LogP contribution in [0, 0.1) is 5.41 Å². The summed E-state index contributed by atoms with van der Waals surface area (Å²) in [7, 11) is 0. The van der Waals surface area contributed by atoms with Crippen molar-refractivity contribution in [2.45, 2.75) is 0 Å². The second kappa shape index (κ2) is 5.85. The number of aromatic carboxylic acids is 1. The van der Waals surface area contributed by atoms with Gasteiger partial charge in [-0.05, 0) is 22.9 Å². The van der Waals surface area contributed by atoms with E-state index in [1.54, 1.807) is 18.2 Å². The second-order valence-electron chi connectivity index (χ2n) is 5.12. The smallest absolute Gasteiger partial charge is 0.335 e. The second-order valence-corrected chi connectivity index (χ2v) is 5.12. The Bertz CT molecular complexity index is 927. The van der Waals surface area contributed by atoms with E-state index in [9.17, 15) is 9.59 Å². The van der Waals surface area contributed by atoms with E-state index in [1.165, 1.54) is 12.1 Å². The van der Waals surface area contributed by atoms with Crippen LogP contribution in [0.2, 0.25) is 0 Å². The molecule has 3 rings (SSSR count). The molecule has 0 aliphatic heterocycles. The van der Waals surface area contributed by atoms with Crippen molar-refractivity contribution in [3.63, 3.8) is 0 Å². The van der Waals surface area contributed by atoms with Gasteiger partial charge < -0.3 is 5.11 Å². The number of nitrogens with one attached hydrogen (secondary N) is 1. The number of carboxylic acid groups (broad SMARTS) is 1. The van der Waals surface area contributed by atoms with Gasteiger partial charge in [0.25, 0.3) is 0 Å². The van der Waals surface area contributed by atoms with Crippen LogP contribution < -0.4 is 0 Å². The van der Waals surface area contributed by atoms with Gasteiger partial charge in [-0.3, -0.25) is 10.2 Å². The number of hydrogen-bond donors (Lipinski definition) is 2. The first-order chi connectivity index (χ1) is 11.1. The van der Waals surface area contributed by atoms with Crippen LogP contribution in [0.15, 0.2) is 60.7 Å². The summed E-state index contributed by atoms with van der Waals surface area (Å²) < 4.78 is 0. The number of fused-ring (bicyclic) bond motifs is 1. The summed E-state index contributed by atoms with van der Waals surface area (Å²) >= 11 is 0. The lowest BCUT2D eigenvalue weighted by Crippen LogP contribution is -2.06. The van der Waals surface area contributed by atoms with E-state index in [1.807, 2.05) is 30.3 Å². The normalized spacial score (nSPS) is 10.4. The molecule has 4 heteroatoms. The number of carbonyl (C=O) groups is 2. The molecule has 0 saturated carbocycles. The van der Waals surface area contributed by atoms with Crippen LogP contribution in [-0.4, -0.2) is 23.1 Å². The Morgan fingerprint density at radius 3 is 2.22 bits per heavy atom. The summed E-state index contributed by atoms with van der Waals surface area (Å²) in [5.74, 6) is -1.01. The van der Waals surface area contributed by atoms with E-state index < -0.39 is 5.97 Å². The van der Waals surface area contributed by atoms with Crippen molar-refractivity contribution in [2.24, 2.45) is 0 Å². The van der Waals surface area contributed by atoms with Crippen molar-refractivity contribution < 1.29 is 14.7 Å². The fraction of sp³-hybridized carbons (Fsp3) is 0. The van der Waals surface area contributed by atoms with E-state index in [0.717, 1.165) is 17.1 Å². The van der Waals surface area contributed by atoms with E-state index >= 15 is 0 Å². The maximum Gasteiger partial charge on any atom is 0.335 e. The Kier molecular flexibility index (Phi) is 3.73. The molecule has 112 valence electrons. The van der Waals surface area contributed by atoms with Gasteiger partial charge in [0.05, 0.1) is 11.3 Å². The monoisotopic (exact) mass is 303 g/mol. The van der Waals surface area contributed by atoms with Crippen molar-refractivity contribution in [2.75, 3.05) is 0 Å². The van der Waals surface area contributed by atoms with Gasteiger partial charge in [-0.15, -0.1) is 0 Å². The maximum absolute atomic E-state index is 11.5. The molecule has 0 radical (unpaired) electrons. The molecule has 0 aliphatic carbocycles. The maximum atomic E-state index is 11.5. The number of carboxylic acids is 1. The molecule has 0 fully saturated rings. The quantitative estimate of drug-likeness (QED) is 0.569. The molecule has 0 aliphatic rings. The lowest BCUT2D eigenvalue weighted by molar-refractivity contribution is 0.0696.